The Kier molecular flexibility index (Phi) is 3.36. The molecular formula is C20H17N5O2. The SMILES string of the molecule is COc1ccc(C2(c3nnc4ncc(-c5ccc(O)cc5)nn34)CC2)cc1. The summed E-state index contributed by atoms with van der Waals surface area (Å²) in [5, 5.41) is 22.8. The van der Waals surface area contributed by atoms with Crippen molar-refractivity contribution in [1.29, 1.82) is 0 Å². The lowest BCUT2D eigenvalue weighted by Crippen LogP contribution is -2.15. The van der Waals surface area contributed by atoms with Gasteiger partial charge in [-0.3, -0.25) is 0 Å². The molecule has 7 heteroatoms. The van der Waals surface area contributed by atoms with E-state index in [0.29, 0.717) is 11.5 Å². The van der Waals surface area contributed by atoms with Gasteiger partial charge in [0.05, 0.1) is 18.7 Å². The van der Waals surface area contributed by atoms with Crippen LogP contribution in [0.15, 0.2) is 54.7 Å². The first-order valence-electron chi connectivity index (χ1n) is 8.72. The van der Waals surface area contributed by atoms with Crippen LogP contribution in [0.2, 0.25) is 0 Å². The monoisotopic (exact) mass is 359 g/mol. The number of hydrogen-bond donors (Lipinski definition) is 1. The molecule has 0 spiro atoms. The molecule has 2 aromatic carbocycles. The van der Waals surface area contributed by atoms with E-state index >= 15 is 0 Å². The highest BCUT2D eigenvalue weighted by atomic mass is 16.5. The molecule has 1 aliphatic carbocycles. The van der Waals surface area contributed by atoms with Crippen molar-refractivity contribution in [2.45, 2.75) is 18.3 Å². The summed E-state index contributed by atoms with van der Waals surface area (Å²) in [4.78, 5) is 4.41. The van der Waals surface area contributed by atoms with Crippen LogP contribution < -0.4 is 4.74 Å². The molecular weight excluding hydrogens is 342 g/mol. The molecule has 0 bridgehead atoms. The number of fused-ring (bicyclic) bond motifs is 1. The molecule has 2 aromatic heterocycles. The highest BCUT2D eigenvalue weighted by Crippen LogP contribution is 2.52. The molecule has 4 aromatic rings. The molecule has 27 heavy (non-hydrogen) atoms. The van der Waals surface area contributed by atoms with E-state index in [4.69, 9.17) is 9.84 Å². The molecule has 134 valence electrons. The second-order valence-corrected chi connectivity index (χ2v) is 6.74. The lowest BCUT2D eigenvalue weighted by atomic mass is 9.95. The Bertz CT molecular complexity index is 1120. The van der Waals surface area contributed by atoms with Crippen LogP contribution in [0.25, 0.3) is 17.0 Å². The first-order valence-corrected chi connectivity index (χ1v) is 8.72. The molecule has 0 atom stereocenters. The molecule has 0 amide bonds. The Morgan fingerprint density at radius 1 is 1.00 bits per heavy atom. The van der Waals surface area contributed by atoms with Crippen LogP contribution in [0.5, 0.6) is 11.5 Å². The van der Waals surface area contributed by atoms with Gasteiger partial charge in [-0.05, 0) is 54.8 Å². The number of rotatable bonds is 4. The van der Waals surface area contributed by atoms with Crippen LogP contribution in [0, 0.1) is 0 Å². The van der Waals surface area contributed by atoms with Gasteiger partial charge in [-0.2, -0.15) is 9.61 Å². The van der Waals surface area contributed by atoms with E-state index in [1.807, 2.05) is 24.3 Å². The molecule has 0 unspecified atom stereocenters. The maximum Gasteiger partial charge on any atom is 0.271 e. The van der Waals surface area contributed by atoms with Gasteiger partial charge < -0.3 is 9.84 Å². The third-order valence-corrected chi connectivity index (χ3v) is 5.12. The Labute approximate surface area is 155 Å². The van der Waals surface area contributed by atoms with E-state index in [0.717, 1.165) is 30.0 Å². The Balaban J connectivity index is 1.60. The molecule has 1 N–H and O–H groups in total. The van der Waals surface area contributed by atoms with Gasteiger partial charge in [0.1, 0.15) is 17.2 Å². The Morgan fingerprint density at radius 3 is 2.41 bits per heavy atom. The number of phenolic OH excluding ortho intramolecular Hbond substituents is 1. The van der Waals surface area contributed by atoms with Crippen LogP contribution >= 0.6 is 0 Å². The quantitative estimate of drug-likeness (QED) is 0.603. The zero-order valence-electron chi connectivity index (χ0n) is 14.7. The van der Waals surface area contributed by atoms with Gasteiger partial charge in [-0.15, -0.1) is 10.2 Å². The Hall–Kier alpha value is -3.48. The van der Waals surface area contributed by atoms with Crippen molar-refractivity contribution < 1.29 is 9.84 Å². The number of phenols is 1. The normalized spacial score (nSPS) is 15.0. The fourth-order valence-electron chi connectivity index (χ4n) is 3.44. The predicted octanol–water partition coefficient (Wildman–Crippen LogP) is 2.98. The second kappa shape index (κ2) is 5.77. The smallest absolute Gasteiger partial charge is 0.271 e. The fourth-order valence-corrected chi connectivity index (χ4v) is 3.44. The number of methoxy groups -OCH3 is 1. The molecule has 2 heterocycles. The third-order valence-electron chi connectivity index (χ3n) is 5.12. The highest BCUT2D eigenvalue weighted by molar-refractivity contribution is 5.59. The van der Waals surface area contributed by atoms with E-state index in [-0.39, 0.29) is 11.2 Å². The van der Waals surface area contributed by atoms with E-state index in [9.17, 15) is 5.11 Å². The van der Waals surface area contributed by atoms with Crippen molar-refractivity contribution in [3.8, 4) is 22.8 Å². The number of ether oxygens (including phenoxy) is 1. The minimum Gasteiger partial charge on any atom is -0.508 e. The van der Waals surface area contributed by atoms with Crippen molar-refractivity contribution in [3.05, 3.63) is 66.1 Å². The maximum absolute atomic E-state index is 9.49. The second-order valence-electron chi connectivity index (χ2n) is 6.74. The summed E-state index contributed by atoms with van der Waals surface area (Å²) >= 11 is 0. The number of aromatic hydroxyl groups is 1. The summed E-state index contributed by atoms with van der Waals surface area (Å²) < 4.78 is 7.00. The molecule has 7 nitrogen and oxygen atoms in total. The summed E-state index contributed by atoms with van der Waals surface area (Å²) in [7, 11) is 1.66. The zero-order chi connectivity index (χ0) is 18.4. The first kappa shape index (κ1) is 15.7. The minimum atomic E-state index is -0.187. The van der Waals surface area contributed by atoms with Crippen molar-refractivity contribution >= 4 is 5.78 Å². The molecule has 1 aliphatic rings. The summed E-state index contributed by atoms with van der Waals surface area (Å²) in [5.74, 6) is 2.33. The molecule has 1 fully saturated rings. The Morgan fingerprint density at radius 2 is 1.74 bits per heavy atom. The van der Waals surface area contributed by atoms with Gasteiger partial charge in [0.15, 0.2) is 5.82 Å². The topological polar surface area (TPSA) is 85.4 Å². The third kappa shape index (κ3) is 2.51. The van der Waals surface area contributed by atoms with Gasteiger partial charge in [-0.1, -0.05) is 12.1 Å². The van der Waals surface area contributed by atoms with E-state index in [1.54, 1.807) is 30.0 Å². The average Bonchev–Trinajstić information content (AvgIpc) is 3.41. The van der Waals surface area contributed by atoms with Crippen LogP contribution in [0.3, 0.4) is 0 Å². The summed E-state index contributed by atoms with van der Waals surface area (Å²) in [5.41, 5.74) is 2.56. The van der Waals surface area contributed by atoms with Gasteiger partial charge in [0.2, 0.25) is 0 Å². The highest BCUT2D eigenvalue weighted by Gasteiger charge is 2.50. The lowest BCUT2D eigenvalue weighted by Gasteiger charge is -2.14. The number of aromatic nitrogens is 5. The van der Waals surface area contributed by atoms with Crippen molar-refractivity contribution in [2.24, 2.45) is 0 Å². The lowest BCUT2D eigenvalue weighted by molar-refractivity contribution is 0.414. The van der Waals surface area contributed by atoms with Crippen LogP contribution in [0.4, 0.5) is 0 Å². The molecule has 5 rings (SSSR count). The molecule has 1 saturated carbocycles. The average molecular weight is 359 g/mol. The van der Waals surface area contributed by atoms with Crippen LogP contribution in [-0.2, 0) is 5.41 Å². The fraction of sp³-hybridized carbons (Fsp3) is 0.200. The standard InChI is InChI=1S/C20H17N5O2/c1-27-16-8-4-14(5-9-16)20(10-11-20)18-22-23-19-21-12-17(24-25(18)19)13-2-6-15(26)7-3-13/h2-9,12,26H,10-11H2,1H3. The van der Waals surface area contributed by atoms with Gasteiger partial charge in [0.25, 0.3) is 5.78 Å². The largest absolute Gasteiger partial charge is 0.508 e. The van der Waals surface area contributed by atoms with Crippen molar-refractivity contribution in [3.63, 3.8) is 0 Å². The van der Waals surface area contributed by atoms with E-state index in [1.165, 1.54) is 5.56 Å². The van der Waals surface area contributed by atoms with E-state index < -0.39 is 0 Å². The number of nitrogens with zero attached hydrogens (tertiary/aromatic N) is 5. The maximum atomic E-state index is 9.49. The van der Waals surface area contributed by atoms with Crippen LogP contribution in [-0.4, -0.2) is 37.0 Å². The van der Waals surface area contributed by atoms with Gasteiger partial charge >= 0.3 is 0 Å². The molecule has 0 aliphatic heterocycles. The molecule has 0 radical (unpaired) electrons. The number of benzene rings is 2. The minimum absolute atomic E-state index is 0.187. The van der Waals surface area contributed by atoms with Crippen molar-refractivity contribution in [2.75, 3.05) is 7.11 Å². The predicted molar refractivity (Wildman–Crippen MR) is 98.7 cm³/mol. The first-order chi connectivity index (χ1) is 13.2. The zero-order valence-corrected chi connectivity index (χ0v) is 14.7. The van der Waals surface area contributed by atoms with Crippen LogP contribution in [0.1, 0.15) is 24.2 Å². The number of hydrogen-bond acceptors (Lipinski definition) is 6. The summed E-state index contributed by atoms with van der Waals surface area (Å²) in [6.07, 6.45) is 3.66. The summed E-state index contributed by atoms with van der Waals surface area (Å²) in [6.45, 7) is 0. The van der Waals surface area contributed by atoms with Gasteiger partial charge in [0, 0.05) is 5.56 Å². The van der Waals surface area contributed by atoms with Crippen molar-refractivity contribution in [1.82, 2.24) is 24.8 Å². The van der Waals surface area contributed by atoms with E-state index in [2.05, 4.69) is 27.3 Å². The van der Waals surface area contributed by atoms with Gasteiger partial charge in [-0.25, -0.2) is 4.98 Å². The molecule has 0 saturated heterocycles. The summed E-state index contributed by atoms with van der Waals surface area (Å²) in [6, 6.07) is 15.0.